The van der Waals surface area contributed by atoms with E-state index < -0.39 is 5.91 Å². The molecule has 1 aliphatic heterocycles. The summed E-state index contributed by atoms with van der Waals surface area (Å²) in [5.74, 6) is 2.08. The minimum atomic E-state index is -0.447. The van der Waals surface area contributed by atoms with E-state index in [0.717, 1.165) is 39.5 Å². The molecule has 4 heterocycles. The van der Waals surface area contributed by atoms with Crippen molar-refractivity contribution < 1.29 is 14.3 Å². The van der Waals surface area contributed by atoms with Crippen LogP contribution >= 0.6 is 0 Å². The van der Waals surface area contributed by atoms with Crippen LogP contribution in [-0.4, -0.2) is 43.9 Å². The maximum absolute atomic E-state index is 11.2. The van der Waals surface area contributed by atoms with Crippen molar-refractivity contribution in [1.29, 1.82) is 0 Å². The Labute approximate surface area is 190 Å². The van der Waals surface area contributed by atoms with Gasteiger partial charge in [0.15, 0.2) is 11.5 Å². The number of benzene rings is 1. The summed E-state index contributed by atoms with van der Waals surface area (Å²) in [6.45, 7) is 5.45. The predicted octanol–water partition coefficient (Wildman–Crippen LogP) is 2.89. The number of ether oxygens (including phenoxy) is 2. The summed E-state index contributed by atoms with van der Waals surface area (Å²) in [5.41, 5.74) is 8.70. The van der Waals surface area contributed by atoms with E-state index in [1.807, 2.05) is 18.2 Å². The number of carbonyl (C=O) groups excluding carboxylic acids is 1. The molecule has 10 nitrogen and oxygen atoms in total. The number of aromatic amines is 1. The molecule has 170 valence electrons. The molecule has 33 heavy (non-hydrogen) atoms. The van der Waals surface area contributed by atoms with E-state index in [4.69, 9.17) is 15.2 Å². The maximum Gasteiger partial charge on any atom is 0.239 e. The summed E-state index contributed by atoms with van der Waals surface area (Å²) in [6, 6.07) is 8.01. The Morgan fingerprint density at radius 2 is 2.03 bits per heavy atom. The van der Waals surface area contributed by atoms with Crippen molar-refractivity contribution >= 4 is 22.8 Å². The fourth-order valence-electron chi connectivity index (χ4n) is 3.99. The van der Waals surface area contributed by atoms with Gasteiger partial charge in [-0.3, -0.25) is 9.48 Å². The quantitative estimate of drug-likeness (QED) is 0.397. The van der Waals surface area contributed by atoms with Gasteiger partial charge in [-0.2, -0.15) is 5.10 Å². The number of primary amides is 1. The molecule has 1 aromatic carbocycles. The van der Waals surface area contributed by atoms with Crippen molar-refractivity contribution in [3.63, 3.8) is 0 Å². The van der Waals surface area contributed by atoms with Crippen LogP contribution in [0.25, 0.3) is 22.3 Å². The smallest absolute Gasteiger partial charge is 0.239 e. The van der Waals surface area contributed by atoms with Crippen molar-refractivity contribution in [3.05, 3.63) is 48.5 Å². The van der Waals surface area contributed by atoms with Crippen molar-refractivity contribution in [1.82, 2.24) is 24.7 Å². The summed E-state index contributed by atoms with van der Waals surface area (Å²) >= 11 is 0. The topological polar surface area (TPSA) is 133 Å². The van der Waals surface area contributed by atoms with Crippen LogP contribution in [0.4, 0.5) is 5.82 Å². The molecular formula is C23H25N7O3. The Kier molecular flexibility index (Phi) is 5.33. The number of nitrogens with one attached hydrogen (secondary N) is 2. The number of hydrogen-bond acceptors (Lipinski definition) is 7. The highest BCUT2D eigenvalue weighted by Crippen LogP contribution is 2.36. The van der Waals surface area contributed by atoms with Gasteiger partial charge in [-0.1, -0.05) is 19.9 Å². The molecule has 10 heteroatoms. The lowest BCUT2D eigenvalue weighted by Gasteiger charge is -2.26. The Morgan fingerprint density at radius 3 is 2.82 bits per heavy atom. The highest BCUT2D eigenvalue weighted by molar-refractivity contribution is 5.91. The number of fused-ring (bicyclic) bond motifs is 2. The summed E-state index contributed by atoms with van der Waals surface area (Å²) in [6.07, 6.45) is 4.98. The van der Waals surface area contributed by atoms with E-state index in [0.29, 0.717) is 18.9 Å². The summed E-state index contributed by atoms with van der Waals surface area (Å²) in [4.78, 5) is 23.4. The van der Waals surface area contributed by atoms with Gasteiger partial charge >= 0.3 is 0 Å². The third-order valence-electron chi connectivity index (χ3n) is 5.57. The zero-order chi connectivity index (χ0) is 22.9. The third kappa shape index (κ3) is 4.19. The second kappa shape index (κ2) is 8.45. The number of H-pyrrole nitrogens is 1. The van der Waals surface area contributed by atoms with Gasteiger partial charge in [0.05, 0.1) is 23.3 Å². The van der Waals surface area contributed by atoms with Gasteiger partial charge in [-0.15, -0.1) is 0 Å². The molecule has 0 unspecified atom stereocenters. The summed E-state index contributed by atoms with van der Waals surface area (Å²) in [5, 5.41) is 8.64. The van der Waals surface area contributed by atoms with Crippen LogP contribution in [0.15, 0.2) is 43.0 Å². The Balaban J connectivity index is 1.46. The van der Waals surface area contributed by atoms with Gasteiger partial charge in [-0.25, -0.2) is 9.97 Å². The average Bonchev–Trinajstić information content (AvgIpc) is 3.43. The number of rotatable bonds is 7. The molecule has 5 rings (SSSR count). The van der Waals surface area contributed by atoms with Crippen molar-refractivity contribution in [2.75, 3.05) is 18.5 Å². The van der Waals surface area contributed by atoms with Crippen LogP contribution in [0.5, 0.6) is 11.5 Å². The first kappa shape index (κ1) is 20.8. The van der Waals surface area contributed by atoms with Crippen LogP contribution in [0.1, 0.15) is 25.5 Å². The molecule has 4 N–H and O–H groups in total. The number of hydrogen-bond donors (Lipinski definition) is 3. The second-order valence-corrected chi connectivity index (χ2v) is 8.33. The van der Waals surface area contributed by atoms with Crippen molar-refractivity contribution in [3.8, 4) is 22.8 Å². The molecule has 0 aliphatic carbocycles. The van der Waals surface area contributed by atoms with E-state index in [-0.39, 0.29) is 18.5 Å². The number of anilines is 1. The minimum absolute atomic E-state index is 0.00408. The van der Waals surface area contributed by atoms with E-state index in [1.54, 1.807) is 12.4 Å². The van der Waals surface area contributed by atoms with Crippen LogP contribution < -0.4 is 20.5 Å². The zero-order valence-electron chi connectivity index (χ0n) is 18.4. The van der Waals surface area contributed by atoms with Crippen LogP contribution in [-0.2, 0) is 11.3 Å². The average molecular weight is 447 g/mol. The zero-order valence-corrected chi connectivity index (χ0v) is 18.4. The fraction of sp³-hybridized carbons (Fsp3) is 0.304. The highest BCUT2D eigenvalue weighted by atomic mass is 16.6. The van der Waals surface area contributed by atoms with Gasteiger partial charge in [0.1, 0.15) is 37.6 Å². The molecule has 4 aromatic rings. The molecule has 1 aliphatic rings. The molecule has 0 bridgehead atoms. The molecular weight excluding hydrogens is 422 g/mol. The van der Waals surface area contributed by atoms with Crippen LogP contribution in [0, 0.1) is 5.92 Å². The van der Waals surface area contributed by atoms with Crippen molar-refractivity contribution in [2.24, 2.45) is 11.7 Å². The standard InChI is InChI=1S/C23H25N7O3/c1-13(2)21(14-3-4-18-19(7-14)33-6-5-32-18)29-23-16-8-17(28-22(16)25-12-26-23)15-9-27-30(10-15)11-20(24)31/h3-4,7-10,12-13,21H,5-6,11H2,1-2H3,(H2,24,31)(H2,25,26,28,29)/t21-/m1/s1. The SMILES string of the molecule is CC(C)[C@@H](Nc1ncnc2[nH]c(-c3cnn(CC(N)=O)c3)cc12)c1ccc2c(c1)OCCO2. The Morgan fingerprint density at radius 1 is 1.21 bits per heavy atom. The molecule has 0 saturated carbocycles. The summed E-state index contributed by atoms with van der Waals surface area (Å²) in [7, 11) is 0. The monoisotopic (exact) mass is 447 g/mol. The first-order valence-corrected chi connectivity index (χ1v) is 10.8. The molecule has 3 aromatic heterocycles. The lowest BCUT2D eigenvalue weighted by atomic mass is 9.95. The molecule has 1 amide bonds. The molecule has 0 radical (unpaired) electrons. The largest absolute Gasteiger partial charge is 0.486 e. The molecule has 0 saturated heterocycles. The predicted molar refractivity (Wildman–Crippen MR) is 123 cm³/mol. The number of carbonyl (C=O) groups is 1. The molecule has 0 fully saturated rings. The van der Waals surface area contributed by atoms with Gasteiger partial charge in [0.25, 0.3) is 0 Å². The van der Waals surface area contributed by atoms with Gasteiger partial charge in [0.2, 0.25) is 5.91 Å². The normalized spacial score (nSPS) is 13.9. The number of aromatic nitrogens is 5. The first-order valence-electron chi connectivity index (χ1n) is 10.8. The molecule has 0 spiro atoms. The minimum Gasteiger partial charge on any atom is -0.486 e. The van der Waals surface area contributed by atoms with Gasteiger partial charge < -0.3 is 25.5 Å². The van der Waals surface area contributed by atoms with E-state index in [2.05, 4.69) is 45.3 Å². The van der Waals surface area contributed by atoms with Crippen LogP contribution in [0.2, 0.25) is 0 Å². The van der Waals surface area contributed by atoms with Gasteiger partial charge in [0, 0.05) is 11.8 Å². The Hall–Kier alpha value is -4.08. The first-order chi connectivity index (χ1) is 16.0. The van der Waals surface area contributed by atoms with E-state index in [9.17, 15) is 4.79 Å². The Bertz CT molecular complexity index is 1310. The number of amides is 1. The molecule has 1 atom stereocenters. The summed E-state index contributed by atoms with van der Waals surface area (Å²) < 4.78 is 12.9. The lowest BCUT2D eigenvalue weighted by molar-refractivity contribution is -0.118. The fourth-order valence-corrected chi connectivity index (χ4v) is 3.99. The van der Waals surface area contributed by atoms with E-state index >= 15 is 0 Å². The lowest BCUT2D eigenvalue weighted by Crippen LogP contribution is -2.19. The third-order valence-corrected chi connectivity index (χ3v) is 5.57. The highest BCUT2D eigenvalue weighted by Gasteiger charge is 2.21. The van der Waals surface area contributed by atoms with Gasteiger partial charge in [-0.05, 0) is 29.7 Å². The second-order valence-electron chi connectivity index (χ2n) is 8.33. The van der Waals surface area contributed by atoms with E-state index in [1.165, 1.54) is 11.0 Å². The maximum atomic E-state index is 11.2. The van der Waals surface area contributed by atoms with Crippen molar-refractivity contribution in [2.45, 2.75) is 26.4 Å². The number of nitrogens with two attached hydrogens (primary N) is 1. The number of nitrogens with zero attached hydrogens (tertiary/aromatic N) is 4. The van der Waals surface area contributed by atoms with Crippen LogP contribution in [0.3, 0.4) is 0 Å².